The molecule has 2 aromatic rings. The monoisotopic (exact) mass is 290 g/mol. The molecule has 18 heavy (non-hydrogen) atoms. The number of aromatic nitrogens is 1. The van der Waals surface area contributed by atoms with Gasteiger partial charge >= 0.3 is 6.61 Å². The number of thiazole rings is 1. The first-order chi connectivity index (χ1) is 8.67. The van der Waals surface area contributed by atoms with Crippen LogP contribution in [0.15, 0.2) is 29.6 Å². The van der Waals surface area contributed by atoms with Crippen LogP contribution in [0.1, 0.15) is 5.69 Å². The van der Waals surface area contributed by atoms with E-state index in [9.17, 15) is 8.78 Å². The molecule has 0 unspecified atom stereocenters. The third-order valence-corrected chi connectivity index (χ3v) is 3.10. The van der Waals surface area contributed by atoms with Gasteiger partial charge in [0.05, 0.1) is 11.6 Å². The van der Waals surface area contributed by atoms with Crippen molar-refractivity contribution in [2.45, 2.75) is 12.5 Å². The molecule has 0 aliphatic heterocycles. The Balaban J connectivity index is 2.01. The van der Waals surface area contributed by atoms with Gasteiger partial charge in [-0.2, -0.15) is 8.78 Å². The molecule has 7 heteroatoms. The molecule has 1 N–H and O–H groups in total. The Morgan fingerprint density at radius 1 is 1.33 bits per heavy atom. The lowest BCUT2D eigenvalue weighted by atomic mass is 10.3. The summed E-state index contributed by atoms with van der Waals surface area (Å²) < 4.78 is 28.2. The molecular weight excluding hydrogens is 282 g/mol. The van der Waals surface area contributed by atoms with Gasteiger partial charge in [-0.3, -0.25) is 0 Å². The van der Waals surface area contributed by atoms with Gasteiger partial charge in [0, 0.05) is 11.1 Å². The summed E-state index contributed by atoms with van der Waals surface area (Å²) in [6, 6.07) is 6.20. The first-order valence-electron chi connectivity index (χ1n) is 4.99. The lowest BCUT2D eigenvalue weighted by molar-refractivity contribution is -0.0498. The van der Waals surface area contributed by atoms with Crippen molar-refractivity contribution in [3.05, 3.63) is 35.3 Å². The Labute approximate surface area is 111 Å². The van der Waals surface area contributed by atoms with Crippen LogP contribution in [0.5, 0.6) is 5.75 Å². The van der Waals surface area contributed by atoms with Crippen molar-refractivity contribution in [2.75, 3.05) is 5.32 Å². The average Bonchev–Trinajstić information content (AvgIpc) is 2.79. The van der Waals surface area contributed by atoms with Crippen molar-refractivity contribution in [1.29, 1.82) is 0 Å². The molecule has 3 nitrogen and oxygen atoms in total. The zero-order chi connectivity index (χ0) is 13.0. The number of nitrogens with zero attached hydrogens (tertiary/aromatic N) is 1. The number of hydrogen-bond donors (Lipinski definition) is 1. The van der Waals surface area contributed by atoms with E-state index in [1.165, 1.54) is 23.5 Å². The Morgan fingerprint density at radius 3 is 2.61 bits per heavy atom. The molecule has 0 aliphatic carbocycles. The van der Waals surface area contributed by atoms with Crippen molar-refractivity contribution in [2.24, 2.45) is 0 Å². The number of alkyl halides is 3. The molecule has 0 atom stereocenters. The molecule has 0 aliphatic rings. The third-order valence-electron chi connectivity index (χ3n) is 2.02. The fourth-order valence-electron chi connectivity index (χ4n) is 1.27. The van der Waals surface area contributed by atoms with Gasteiger partial charge in [0.15, 0.2) is 5.13 Å². The van der Waals surface area contributed by atoms with Gasteiger partial charge in [0.25, 0.3) is 0 Å². The smallest absolute Gasteiger partial charge is 0.387 e. The summed E-state index contributed by atoms with van der Waals surface area (Å²) in [7, 11) is 0. The van der Waals surface area contributed by atoms with Crippen LogP contribution in [0, 0.1) is 0 Å². The Kier molecular flexibility index (Phi) is 4.33. The Bertz CT molecular complexity index is 504. The maximum Gasteiger partial charge on any atom is 0.387 e. The van der Waals surface area contributed by atoms with Gasteiger partial charge < -0.3 is 10.1 Å². The van der Waals surface area contributed by atoms with Gasteiger partial charge in [0.1, 0.15) is 5.75 Å². The summed E-state index contributed by atoms with van der Waals surface area (Å²) >= 11 is 7.07. The highest BCUT2D eigenvalue weighted by Gasteiger charge is 2.05. The molecular formula is C11H9ClF2N2OS. The Hall–Kier alpha value is -1.40. The number of ether oxygens (including phenoxy) is 1. The standard InChI is InChI=1S/C11H9ClF2N2OS/c12-5-8-6-18-11(16-8)15-7-1-3-9(4-2-7)17-10(13)14/h1-4,6,10H,5H2,(H,15,16). The van der Waals surface area contributed by atoms with Gasteiger partial charge in [-0.1, -0.05) is 0 Å². The molecule has 1 heterocycles. The fourth-order valence-corrected chi connectivity index (χ4v) is 2.23. The zero-order valence-electron chi connectivity index (χ0n) is 9.07. The van der Waals surface area contributed by atoms with E-state index in [4.69, 9.17) is 11.6 Å². The second kappa shape index (κ2) is 5.97. The SMILES string of the molecule is FC(F)Oc1ccc(Nc2nc(CCl)cs2)cc1. The maximum absolute atomic E-state index is 12.0. The number of nitrogens with one attached hydrogen (secondary N) is 1. The van der Waals surface area contributed by atoms with Gasteiger partial charge in [-0.15, -0.1) is 22.9 Å². The van der Waals surface area contributed by atoms with E-state index in [0.717, 1.165) is 11.4 Å². The van der Waals surface area contributed by atoms with Crippen LogP contribution in [-0.4, -0.2) is 11.6 Å². The van der Waals surface area contributed by atoms with Crippen LogP contribution in [0.4, 0.5) is 19.6 Å². The lowest BCUT2D eigenvalue weighted by Crippen LogP contribution is -2.01. The summed E-state index contributed by atoms with van der Waals surface area (Å²) in [5.74, 6) is 0.482. The molecule has 0 fully saturated rings. The summed E-state index contributed by atoms with van der Waals surface area (Å²) in [4.78, 5) is 4.22. The zero-order valence-corrected chi connectivity index (χ0v) is 10.6. The van der Waals surface area contributed by atoms with E-state index in [-0.39, 0.29) is 5.75 Å². The number of rotatable bonds is 5. The topological polar surface area (TPSA) is 34.1 Å². The molecule has 0 bridgehead atoms. The molecule has 96 valence electrons. The molecule has 0 saturated carbocycles. The van der Waals surface area contributed by atoms with Crippen molar-refractivity contribution < 1.29 is 13.5 Å². The van der Waals surface area contributed by atoms with E-state index in [0.29, 0.717) is 11.0 Å². The van der Waals surface area contributed by atoms with Gasteiger partial charge in [-0.05, 0) is 24.3 Å². The van der Waals surface area contributed by atoms with Crippen molar-refractivity contribution >= 4 is 33.8 Å². The van der Waals surface area contributed by atoms with Crippen LogP contribution in [-0.2, 0) is 5.88 Å². The molecule has 0 spiro atoms. The van der Waals surface area contributed by atoms with Crippen LogP contribution in [0.3, 0.4) is 0 Å². The highest BCUT2D eigenvalue weighted by Crippen LogP contribution is 2.23. The lowest BCUT2D eigenvalue weighted by Gasteiger charge is -2.06. The average molecular weight is 291 g/mol. The Morgan fingerprint density at radius 2 is 2.06 bits per heavy atom. The fraction of sp³-hybridized carbons (Fsp3) is 0.182. The van der Waals surface area contributed by atoms with E-state index in [1.807, 2.05) is 5.38 Å². The van der Waals surface area contributed by atoms with Gasteiger partial charge in [-0.25, -0.2) is 4.98 Å². The molecule has 2 rings (SSSR count). The number of anilines is 2. The molecule has 0 radical (unpaired) electrons. The van der Waals surface area contributed by atoms with Crippen LogP contribution < -0.4 is 10.1 Å². The van der Waals surface area contributed by atoms with E-state index < -0.39 is 6.61 Å². The second-order valence-electron chi connectivity index (χ2n) is 3.31. The first-order valence-corrected chi connectivity index (χ1v) is 6.41. The number of hydrogen-bond acceptors (Lipinski definition) is 4. The second-order valence-corrected chi connectivity index (χ2v) is 4.43. The number of halogens is 3. The molecule has 1 aromatic heterocycles. The van der Waals surface area contributed by atoms with E-state index >= 15 is 0 Å². The van der Waals surface area contributed by atoms with Crippen LogP contribution in [0.2, 0.25) is 0 Å². The minimum absolute atomic E-state index is 0.121. The van der Waals surface area contributed by atoms with Gasteiger partial charge in [0.2, 0.25) is 0 Å². The van der Waals surface area contributed by atoms with Crippen molar-refractivity contribution in [1.82, 2.24) is 4.98 Å². The highest BCUT2D eigenvalue weighted by atomic mass is 35.5. The summed E-state index contributed by atoms with van der Waals surface area (Å²) in [5.41, 5.74) is 1.54. The first kappa shape index (κ1) is 13.0. The summed E-state index contributed by atoms with van der Waals surface area (Å²) in [6.45, 7) is -2.81. The molecule has 0 saturated heterocycles. The minimum Gasteiger partial charge on any atom is -0.435 e. The van der Waals surface area contributed by atoms with E-state index in [2.05, 4.69) is 15.0 Å². The summed E-state index contributed by atoms with van der Waals surface area (Å²) in [6.07, 6.45) is 0. The van der Waals surface area contributed by atoms with Crippen molar-refractivity contribution in [3.8, 4) is 5.75 Å². The molecule has 1 aromatic carbocycles. The number of benzene rings is 1. The maximum atomic E-state index is 12.0. The van der Waals surface area contributed by atoms with Crippen LogP contribution >= 0.6 is 22.9 Å². The van der Waals surface area contributed by atoms with Crippen LogP contribution in [0.25, 0.3) is 0 Å². The predicted octanol–water partition coefficient (Wildman–Crippen LogP) is 4.23. The summed E-state index contributed by atoms with van der Waals surface area (Å²) in [5, 5.41) is 5.60. The largest absolute Gasteiger partial charge is 0.435 e. The quantitative estimate of drug-likeness (QED) is 0.837. The van der Waals surface area contributed by atoms with E-state index in [1.54, 1.807) is 12.1 Å². The predicted molar refractivity (Wildman–Crippen MR) is 68.0 cm³/mol. The normalized spacial score (nSPS) is 10.7. The third kappa shape index (κ3) is 3.54. The molecule has 0 amide bonds. The highest BCUT2D eigenvalue weighted by molar-refractivity contribution is 7.13. The minimum atomic E-state index is -2.81. The van der Waals surface area contributed by atoms with Crippen molar-refractivity contribution in [3.63, 3.8) is 0 Å².